The molecule has 2 aromatic carbocycles. The van der Waals surface area contributed by atoms with E-state index in [0.717, 1.165) is 22.0 Å². The number of hydrogen-bond acceptors (Lipinski definition) is 5. The minimum absolute atomic E-state index is 0.219. The summed E-state index contributed by atoms with van der Waals surface area (Å²) in [5.74, 6) is 10.9. The Morgan fingerprint density at radius 2 is 1.94 bits per heavy atom. The zero-order valence-electron chi connectivity index (χ0n) is 16.8. The number of nitrogens with zero attached hydrogens (tertiary/aromatic N) is 2. The Morgan fingerprint density at radius 3 is 2.52 bits per heavy atom. The van der Waals surface area contributed by atoms with Crippen LogP contribution < -0.4 is 22.4 Å². The van der Waals surface area contributed by atoms with E-state index in [1.54, 1.807) is 16.7 Å². The van der Waals surface area contributed by atoms with Gasteiger partial charge in [0.05, 0.1) is 23.3 Å². The quantitative estimate of drug-likeness (QED) is 0.201. The Bertz CT molecular complexity index is 1170. The van der Waals surface area contributed by atoms with Crippen LogP contribution >= 0.6 is 23.2 Å². The Labute approximate surface area is 189 Å². The molecule has 0 atom stereocenters. The molecule has 0 saturated carbocycles. The third-order valence-electron chi connectivity index (χ3n) is 5.60. The number of ether oxygens (including phenoxy) is 1. The van der Waals surface area contributed by atoms with Crippen molar-refractivity contribution in [3.05, 3.63) is 69.3 Å². The van der Waals surface area contributed by atoms with Gasteiger partial charge in [-0.25, -0.2) is 5.84 Å². The molecule has 1 aliphatic heterocycles. The molecule has 0 bridgehead atoms. The molecule has 0 radical (unpaired) electrons. The molecule has 1 aromatic heterocycles. The molecule has 0 aliphatic carbocycles. The Kier molecular flexibility index (Phi) is 5.81. The third kappa shape index (κ3) is 3.83. The monoisotopic (exact) mass is 460 g/mol. The SMILES string of the molecule is Cn1c(C(=O)NC2(c3ccc(C/C(=N/N)NN)cc3)COC2)cc2c(Cl)c(Cl)ccc21. The van der Waals surface area contributed by atoms with E-state index in [1.807, 2.05) is 37.4 Å². The lowest BCUT2D eigenvalue weighted by molar-refractivity contribution is -0.0734. The summed E-state index contributed by atoms with van der Waals surface area (Å²) in [7, 11) is 1.82. The number of carbonyl (C=O) groups is 1. The van der Waals surface area contributed by atoms with Crippen molar-refractivity contribution in [1.29, 1.82) is 0 Å². The van der Waals surface area contributed by atoms with Crippen molar-refractivity contribution >= 4 is 45.8 Å². The fourth-order valence-corrected chi connectivity index (χ4v) is 4.11. The van der Waals surface area contributed by atoms with E-state index in [2.05, 4.69) is 15.8 Å². The van der Waals surface area contributed by atoms with Gasteiger partial charge in [0.15, 0.2) is 0 Å². The Hall–Kier alpha value is -2.78. The molecule has 1 saturated heterocycles. The smallest absolute Gasteiger partial charge is 0.268 e. The van der Waals surface area contributed by atoms with Gasteiger partial charge < -0.3 is 25.9 Å². The molecule has 162 valence electrons. The van der Waals surface area contributed by atoms with Crippen molar-refractivity contribution in [3.8, 4) is 0 Å². The maximum atomic E-state index is 13.2. The lowest BCUT2D eigenvalue weighted by Crippen LogP contribution is -2.59. The minimum Gasteiger partial charge on any atom is -0.376 e. The Balaban J connectivity index is 1.59. The molecular formula is C21H22Cl2N6O2. The van der Waals surface area contributed by atoms with Crippen molar-refractivity contribution < 1.29 is 9.53 Å². The number of carbonyl (C=O) groups excluding carboxylic acids is 1. The van der Waals surface area contributed by atoms with Gasteiger partial charge in [0.25, 0.3) is 5.91 Å². The molecule has 8 nitrogen and oxygen atoms in total. The highest BCUT2D eigenvalue weighted by Gasteiger charge is 2.42. The van der Waals surface area contributed by atoms with Crippen LogP contribution in [0.1, 0.15) is 21.6 Å². The number of aromatic nitrogens is 1. The molecular weight excluding hydrogens is 439 g/mol. The van der Waals surface area contributed by atoms with E-state index in [0.29, 0.717) is 41.2 Å². The molecule has 1 aliphatic rings. The summed E-state index contributed by atoms with van der Waals surface area (Å²) in [6.07, 6.45) is 0.475. The maximum absolute atomic E-state index is 13.2. The predicted molar refractivity (Wildman–Crippen MR) is 122 cm³/mol. The largest absolute Gasteiger partial charge is 0.376 e. The van der Waals surface area contributed by atoms with Crippen LogP contribution in [0, 0.1) is 0 Å². The van der Waals surface area contributed by atoms with Gasteiger partial charge in [-0.15, -0.1) is 0 Å². The van der Waals surface area contributed by atoms with Crippen LogP contribution in [-0.2, 0) is 23.7 Å². The van der Waals surface area contributed by atoms with Crippen LogP contribution in [0.3, 0.4) is 0 Å². The van der Waals surface area contributed by atoms with Crippen LogP contribution in [0.4, 0.5) is 0 Å². The van der Waals surface area contributed by atoms with Gasteiger partial charge in [0, 0.05) is 24.4 Å². The van der Waals surface area contributed by atoms with Crippen LogP contribution in [-0.4, -0.2) is 29.5 Å². The van der Waals surface area contributed by atoms with Crippen molar-refractivity contribution in [2.24, 2.45) is 23.8 Å². The number of nitrogens with two attached hydrogens (primary N) is 2. The number of hydrazine groups is 1. The minimum atomic E-state index is -0.607. The average Bonchev–Trinajstić information content (AvgIpc) is 3.09. The van der Waals surface area contributed by atoms with Crippen LogP contribution in [0.2, 0.25) is 10.0 Å². The summed E-state index contributed by atoms with van der Waals surface area (Å²) in [6.45, 7) is 0.767. The summed E-state index contributed by atoms with van der Waals surface area (Å²) in [4.78, 5) is 13.2. The topological polar surface area (TPSA) is 120 Å². The number of benzene rings is 2. The second kappa shape index (κ2) is 8.39. The normalized spacial score (nSPS) is 15.5. The second-order valence-corrected chi connectivity index (χ2v) is 8.29. The van der Waals surface area contributed by atoms with E-state index in [-0.39, 0.29) is 5.91 Å². The fraction of sp³-hybridized carbons (Fsp3) is 0.238. The van der Waals surface area contributed by atoms with Crippen molar-refractivity contribution in [3.63, 3.8) is 0 Å². The molecule has 6 N–H and O–H groups in total. The van der Waals surface area contributed by atoms with Crippen molar-refractivity contribution in [1.82, 2.24) is 15.3 Å². The van der Waals surface area contributed by atoms with Gasteiger partial charge in [-0.05, 0) is 29.3 Å². The molecule has 3 aromatic rings. The molecule has 31 heavy (non-hydrogen) atoms. The van der Waals surface area contributed by atoms with Crippen LogP contribution in [0.25, 0.3) is 10.9 Å². The van der Waals surface area contributed by atoms with Crippen LogP contribution in [0.15, 0.2) is 47.6 Å². The second-order valence-electron chi connectivity index (χ2n) is 7.51. The number of fused-ring (bicyclic) bond motifs is 1. The van der Waals surface area contributed by atoms with E-state index in [1.165, 1.54) is 0 Å². The first-order valence-electron chi connectivity index (χ1n) is 9.55. The number of halogens is 2. The average molecular weight is 461 g/mol. The van der Waals surface area contributed by atoms with E-state index >= 15 is 0 Å². The zero-order valence-corrected chi connectivity index (χ0v) is 18.3. The molecule has 10 heteroatoms. The molecule has 4 rings (SSSR count). The highest BCUT2D eigenvalue weighted by atomic mass is 35.5. The number of rotatable bonds is 5. The first-order chi connectivity index (χ1) is 14.9. The van der Waals surface area contributed by atoms with Gasteiger partial charge in [-0.2, -0.15) is 5.10 Å². The van der Waals surface area contributed by atoms with E-state index in [4.69, 9.17) is 39.6 Å². The maximum Gasteiger partial charge on any atom is 0.268 e. The number of hydrogen-bond donors (Lipinski definition) is 4. The van der Waals surface area contributed by atoms with Gasteiger partial charge in [0.1, 0.15) is 17.1 Å². The summed E-state index contributed by atoms with van der Waals surface area (Å²) < 4.78 is 7.26. The zero-order chi connectivity index (χ0) is 22.2. The first kappa shape index (κ1) is 21.5. The molecule has 2 heterocycles. The molecule has 0 spiro atoms. The fourth-order valence-electron chi connectivity index (χ4n) is 3.73. The number of aryl methyl sites for hydroxylation is 1. The highest BCUT2D eigenvalue weighted by molar-refractivity contribution is 6.45. The van der Waals surface area contributed by atoms with Crippen LogP contribution in [0.5, 0.6) is 0 Å². The molecule has 1 fully saturated rings. The summed E-state index contributed by atoms with van der Waals surface area (Å²) in [5, 5.41) is 8.35. The lowest BCUT2D eigenvalue weighted by Gasteiger charge is -2.42. The Morgan fingerprint density at radius 1 is 1.23 bits per heavy atom. The lowest BCUT2D eigenvalue weighted by atomic mass is 9.87. The van der Waals surface area contributed by atoms with Crippen molar-refractivity contribution in [2.45, 2.75) is 12.0 Å². The summed E-state index contributed by atoms with van der Waals surface area (Å²) in [6, 6.07) is 13.1. The van der Waals surface area contributed by atoms with Gasteiger partial charge in [0.2, 0.25) is 0 Å². The van der Waals surface area contributed by atoms with E-state index in [9.17, 15) is 4.79 Å². The highest BCUT2D eigenvalue weighted by Crippen LogP contribution is 2.34. The van der Waals surface area contributed by atoms with Gasteiger partial charge in [-0.1, -0.05) is 47.5 Å². The van der Waals surface area contributed by atoms with Crippen molar-refractivity contribution in [2.75, 3.05) is 13.2 Å². The predicted octanol–water partition coefficient (Wildman–Crippen LogP) is 2.42. The number of hydrazone groups is 1. The summed E-state index contributed by atoms with van der Waals surface area (Å²) in [5.41, 5.74) is 5.10. The molecule has 0 unspecified atom stereocenters. The third-order valence-corrected chi connectivity index (χ3v) is 6.42. The van der Waals surface area contributed by atoms with Gasteiger partial charge >= 0.3 is 0 Å². The first-order valence-corrected chi connectivity index (χ1v) is 10.3. The molecule has 1 amide bonds. The summed E-state index contributed by atoms with van der Waals surface area (Å²) >= 11 is 12.5. The number of amidine groups is 1. The number of amides is 1. The van der Waals surface area contributed by atoms with Gasteiger partial charge in [-0.3, -0.25) is 4.79 Å². The number of nitrogens with one attached hydrogen (secondary N) is 2. The standard InChI is InChI=1S/C21H22Cl2N6O2/c1-29-16-7-6-15(22)19(23)14(16)9-17(29)20(30)26-21(10-31-11-21)13-4-2-12(3-5-13)8-18(27-24)28-25/h2-7,9H,8,10-11,24-25H2,1H3,(H,26,30)(H,27,28). The van der Waals surface area contributed by atoms with E-state index < -0.39 is 5.54 Å².